The molecule has 0 unspecified atom stereocenters. The molecule has 0 aliphatic heterocycles. The van der Waals surface area contributed by atoms with Crippen LogP contribution in [0.15, 0.2) is 27.7 Å². The van der Waals surface area contributed by atoms with Gasteiger partial charge in [0.05, 0.1) is 12.7 Å². The van der Waals surface area contributed by atoms with Crippen molar-refractivity contribution in [2.75, 3.05) is 7.11 Å². The third-order valence-corrected chi connectivity index (χ3v) is 6.75. The molecule has 0 amide bonds. The lowest BCUT2D eigenvalue weighted by Crippen LogP contribution is -2.26. The number of nitrogens with zero attached hydrogens (tertiary/aromatic N) is 2. The van der Waals surface area contributed by atoms with Crippen LogP contribution in [0.2, 0.25) is 0 Å². The summed E-state index contributed by atoms with van der Waals surface area (Å²) in [7, 11) is 1.65. The Bertz CT molecular complexity index is 887. The van der Waals surface area contributed by atoms with E-state index in [4.69, 9.17) is 4.74 Å². The van der Waals surface area contributed by atoms with Crippen molar-refractivity contribution < 1.29 is 4.74 Å². The van der Waals surface area contributed by atoms with Crippen LogP contribution in [0, 0.1) is 22.7 Å². The minimum absolute atomic E-state index is 0.293. The molecule has 5 heteroatoms. The maximum atomic E-state index is 9.68. The fourth-order valence-corrected chi connectivity index (χ4v) is 5.05. The summed E-state index contributed by atoms with van der Waals surface area (Å²) in [5.41, 5.74) is 3.15. The third kappa shape index (κ3) is 3.87. The van der Waals surface area contributed by atoms with Crippen LogP contribution in [0.5, 0.6) is 5.75 Å². The maximum Gasteiger partial charge on any atom is 0.134 e. The quantitative estimate of drug-likeness (QED) is 0.536. The molecule has 0 radical (unpaired) electrons. The molecule has 0 fully saturated rings. The van der Waals surface area contributed by atoms with Gasteiger partial charge in [-0.15, -0.1) is 11.3 Å². The SMILES string of the molecule is COc1ccc(Br)cc1C=Nc1sc2c(c1C#N)CC[C@H](C(C)(C)C)C2. The van der Waals surface area contributed by atoms with Gasteiger partial charge >= 0.3 is 0 Å². The first-order chi connectivity index (χ1) is 12.3. The molecule has 136 valence electrons. The Hall–Kier alpha value is -1.64. The van der Waals surface area contributed by atoms with Gasteiger partial charge in [-0.1, -0.05) is 36.7 Å². The minimum Gasteiger partial charge on any atom is -0.496 e. The van der Waals surface area contributed by atoms with Crippen LogP contribution in [0.3, 0.4) is 0 Å². The number of halogens is 1. The standard InChI is InChI=1S/C21H23BrN2OS/c1-21(2,3)14-5-7-16-17(11-23)20(26-19(16)10-14)24-12-13-9-15(22)6-8-18(13)25-4/h6,8-9,12,14H,5,7,10H2,1-4H3/t14-/m0/s1. The first-order valence-corrected chi connectivity index (χ1v) is 10.4. The zero-order valence-corrected chi connectivity index (χ0v) is 18.0. The average Bonchev–Trinajstić information content (AvgIpc) is 2.95. The number of hydrogen-bond acceptors (Lipinski definition) is 4. The molecule has 0 spiro atoms. The lowest BCUT2D eigenvalue weighted by Gasteiger charge is -2.33. The van der Waals surface area contributed by atoms with Crippen molar-refractivity contribution in [3.8, 4) is 11.8 Å². The number of methoxy groups -OCH3 is 1. The van der Waals surface area contributed by atoms with Gasteiger partial charge in [0.2, 0.25) is 0 Å². The van der Waals surface area contributed by atoms with Gasteiger partial charge in [0.25, 0.3) is 0 Å². The molecule has 0 saturated carbocycles. The zero-order chi connectivity index (χ0) is 18.9. The van der Waals surface area contributed by atoms with Crippen molar-refractivity contribution in [1.82, 2.24) is 0 Å². The van der Waals surface area contributed by atoms with Crippen LogP contribution in [0.25, 0.3) is 0 Å². The molecule has 1 heterocycles. The molecular weight excluding hydrogens is 408 g/mol. The van der Waals surface area contributed by atoms with Crippen molar-refractivity contribution in [2.24, 2.45) is 16.3 Å². The van der Waals surface area contributed by atoms with E-state index >= 15 is 0 Å². The highest BCUT2D eigenvalue weighted by Crippen LogP contribution is 2.44. The highest BCUT2D eigenvalue weighted by atomic mass is 79.9. The van der Waals surface area contributed by atoms with E-state index in [0.717, 1.165) is 45.6 Å². The fourth-order valence-electron chi connectivity index (χ4n) is 3.45. The van der Waals surface area contributed by atoms with Crippen LogP contribution in [-0.4, -0.2) is 13.3 Å². The number of hydrogen-bond donors (Lipinski definition) is 0. The normalized spacial score (nSPS) is 17.2. The van der Waals surface area contributed by atoms with Crippen molar-refractivity contribution >= 4 is 38.5 Å². The summed E-state index contributed by atoms with van der Waals surface area (Å²) in [6.07, 6.45) is 4.97. The molecule has 3 rings (SSSR count). The number of thiophene rings is 1. The first-order valence-electron chi connectivity index (χ1n) is 8.75. The lowest BCUT2D eigenvalue weighted by molar-refractivity contribution is 0.218. The van der Waals surface area contributed by atoms with Gasteiger partial charge < -0.3 is 4.74 Å². The lowest BCUT2D eigenvalue weighted by atomic mass is 9.72. The molecule has 1 atom stereocenters. The molecule has 0 saturated heterocycles. The Kier molecular flexibility index (Phi) is 5.55. The van der Waals surface area contributed by atoms with E-state index in [1.165, 1.54) is 10.4 Å². The molecule has 1 aliphatic rings. The van der Waals surface area contributed by atoms with Gasteiger partial charge in [-0.3, -0.25) is 0 Å². The second-order valence-electron chi connectivity index (χ2n) is 7.75. The van der Waals surface area contributed by atoms with Crippen LogP contribution >= 0.6 is 27.3 Å². The van der Waals surface area contributed by atoms with Crippen molar-refractivity contribution in [3.63, 3.8) is 0 Å². The molecule has 1 aliphatic carbocycles. The van der Waals surface area contributed by atoms with E-state index in [2.05, 4.69) is 47.8 Å². The van der Waals surface area contributed by atoms with E-state index < -0.39 is 0 Å². The van der Waals surface area contributed by atoms with Crippen molar-refractivity contribution in [2.45, 2.75) is 40.0 Å². The Morgan fingerprint density at radius 2 is 2.15 bits per heavy atom. The first kappa shape index (κ1) is 19.1. The summed E-state index contributed by atoms with van der Waals surface area (Å²) in [4.78, 5) is 5.99. The van der Waals surface area contributed by atoms with Crippen LogP contribution < -0.4 is 4.74 Å². The predicted molar refractivity (Wildman–Crippen MR) is 112 cm³/mol. The van der Waals surface area contributed by atoms with Gasteiger partial charge in [0.15, 0.2) is 0 Å². The Morgan fingerprint density at radius 3 is 2.81 bits per heavy atom. The second kappa shape index (κ2) is 7.54. The van der Waals surface area contributed by atoms with Gasteiger partial charge in [-0.2, -0.15) is 5.26 Å². The molecule has 2 aromatic rings. The van der Waals surface area contributed by atoms with Crippen LogP contribution in [0.1, 0.15) is 48.8 Å². The number of ether oxygens (including phenoxy) is 1. The van der Waals surface area contributed by atoms with E-state index in [1.807, 2.05) is 18.2 Å². The van der Waals surface area contributed by atoms with Gasteiger partial charge in [-0.25, -0.2) is 4.99 Å². The molecule has 1 aromatic carbocycles. The predicted octanol–water partition coefficient (Wildman–Crippen LogP) is 6.29. The van der Waals surface area contributed by atoms with Gasteiger partial charge in [0, 0.05) is 21.1 Å². The molecule has 0 bridgehead atoms. The smallest absolute Gasteiger partial charge is 0.134 e. The highest BCUT2D eigenvalue weighted by molar-refractivity contribution is 9.10. The van der Waals surface area contributed by atoms with E-state index in [1.54, 1.807) is 24.7 Å². The molecule has 26 heavy (non-hydrogen) atoms. The summed E-state index contributed by atoms with van der Waals surface area (Å²) in [6.45, 7) is 6.92. The fraction of sp³-hybridized carbons (Fsp3) is 0.429. The summed E-state index contributed by atoms with van der Waals surface area (Å²) < 4.78 is 6.38. The number of nitriles is 1. The molecule has 1 aromatic heterocycles. The largest absolute Gasteiger partial charge is 0.496 e. The van der Waals surface area contributed by atoms with Crippen LogP contribution in [0.4, 0.5) is 5.00 Å². The van der Waals surface area contributed by atoms with Crippen LogP contribution in [-0.2, 0) is 12.8 Å². The zero-order valence-electron chi connectivity index (χ0n) is 15.6. The third-order valence-electron chi connectivity index (χ3n) is 5.10. The van der Waals surface area contributed by atoms with E-state index in [0.29, 0.717) is 11.3 Å². The monoisotopic (exact) mass is 430 g/mol. The minimum atomic E-state index is 0.293. The number of benzene rings is 1. The van der Waals surface area contributed by atoms with E-state index in [-0.39, 0.29) is 0 Å². The Morgan fingerprint density at radius 1 is 1.38 bits per heavy atom. The second-order valence-corrected chi connectivity index (χ2v) is 9.75. The van der Waals surface area contributed by atoms with E-state index in [9.17, 15) is 5.26 Å². The van der Waals surface area contributed by atoms with Crippen molar-refractivity contribution in [3.05, 3.63) is 44.2 Å². The van der Waals surface area contributed by atoms with Gasteiger partial charge in [-0.05, 0) is 54.4 Å². The van der Waals surface area contributed by atoms with Gasteiger partial charge in [0.1, 0.15) is 16.8 Å². The molecule has 0 N–H and O–H groups in total. The summed E-state index contributed by atoms with van der Waals surface area (Å²) in [5, 5.41) is 10.5. The summed E-state index contributed by atoms with van der Waals surface area (Å²) in [6, 6.07) is 8.20. The number of rotatable bonds is 3. The average molecular weight is 431 g/mol. The number of aliphatic imine (C=N–C) groups is 1. The number of fused-ring (bicyclic) bond motifs is 1. The summed E-state index contributed by atoms with van der Waals surface area (Å²) in [5.74, 6) is 1.42. The highest BCUT2D eigenvalue weighted by Gasteiger charge is 2.32. The molecular formula is C21H23BrN2OS. The molecule has 3 nitrogen and oxygen atoms in total. The Labute approximate surface area is 167 Å². The summed E-state index contributed by atoms with van der Waals surface area (Å²) >= 11 is 5.15. The van der Waals surface area contributed by atoms with Crippen molar-refractivity contribution in [1.29, 1.82) is 5.26 Å². The Balaban J connectivity index is 1.94. The topological polar surface area (TPSA) is 45.4 Å². The maximum absolute atomic E-state index is 9.68.